The van der Waals surface area contributed by atoms with Gasteiger partial charge in [-0.2, -0.15) is 0 Å². The lowest BCUT2D eigenvalue weighted by molar-refractivity contribution is -0.135. The minimum absolute atomic E-state index is 0.0116. The summed E-state index contributed by atoms with van der Waals surface area (Å²) in [6.45, 7) is 7.49. The molecule has 6 nitrogen and oxygen atoms in total. The normalized spacial score (nSPS) is 16.9. The third-order valence-corrected chi connectivity index (χ3v) is 4.39. The van der Waals surface area contributed by atoms with Crippen molar-refractivity contribution >= 4 is 11.8 Å². The molecule has 1 fully saturated rings. The molecule has 2 amide bonds. The van der Waals surface area contributed by atoms with E-state index in [-0.39, 0.29) is 17.7 Å². The molecule has 2 rings (SSSR count). The molecule has 0 saturated carbocycles. The molecule has 1 aromatic carbocycles. The highest BCUT2D eigenvalue weighted by Gasteiger charge is 2.27. The average Bonchev–Trinajstić information content (AvgIpc) is 2.60. The summed E-state index contributed by atoms with van der Waals surface area (Å²) in [5.74, 6) is 0.162. The lowest BCUT2D eigenvalue weighted by atomic mass is 10.0. The summed E-state index contributed by atoms with van der Waals surface area (Å²) in [7, 11) is 0. The van der Waals surface area contributed by atoms with E-state index in [1.165, 1.54) is 0 Å². The van der Waals surface area contributed by atoms with Crippen molar-refractivity contribution in [2.45, 2.75) is 26.4 Å². The quantitative estimate of drug-likeness (QED) is 0.792. The molecule has 24 heavy (non-hydrogen) atoms. The summed E-state index contributed by atoms with van der Waals surface area (Å²) >= 11 is 0. The summed E-state index contributed by atoms with van der Waals surface area (Å²) in [6.07, 6.45) is 0. The van der Waals surface area contributed by atoms with Crippen LogP contribution in [0.1, 0.15) is 19.4 Å². The lowest BCUT2D eigenvalue weighted by Crippen LogP contribution is -2.55. The van der Waals surface area contributed by atoms with Gasteiger partial charge in [-0.1, -0.05) is 44.2 Å². The van der Waals surface area contributed by atoms with Crippen molar-refractivity contribution in [1.29, 1.82) is 0 Å². The smallest absolute Gasteiger partial charge is 0.239 e. The standard InChI is InChI=1S/C18H28N4O2/c1-14(2)17(19)18(24)22-10-8-21(9-11-22)13-16(23)20-12-15-6-4-3-5-7-15/h3-7,14,17H,8-13,19H2,1-2H3,(H,20,23)/t17-/m0/s1. The van der Waals surface area contributed by atoms with Crippen LogP contribution in [0.5, 0.6) is 0 Å². The Kier molecular flexibility index (Phi) is 6.75. The zero-order chi connectivity index (χ0) is 17.5. The molecule has 1 aliphatic heterocycles. The maximum absolute atomic E-state index is 12.2. The third kappa shape index (κ3) is 5.32. The van der Waals surface area contributed by atoms with Crippen molar-refractivity contribution < 1.29 is 9.59 Å². The monoisotopic (exact) mass is 332 g/mol. The molecule has 1 saturated heterocycles. The number of nitrogens with two attached hydrogens (primary N) is 1. The zero-order valence-electron chi connectivity index (χ0n) is 14.6. The van der Waals surface area contributed by atoms with Crippen molar-refractivity contribution in [2.75, 3.05) is 32.7 Å². The number of amides is 2. The van der Waals surface area contributed by atoms with Gasteiger partial charge in [-0.15, -0.1) is 0 Å². The van der Waals surface area contributed by atoms with Crippen LogP contribution in [0.15, 0.2) is 30.3 Å². The van der Waals surface area contributed by atoms with Crippen molar-refractivity contribution in [2.24, 2.45) is 11.7 Å². The van der Waals surface area contributed by atoms with Gasteiger partial charge in [0.05, 0.1) is 12.6 Å². The van der Waals surface area contributed by atoms with Crippen molar-refractivity contribution in [3.05, 3.63) is 35.9 Å². The van der Waals surface area contributed by atoms with E-state index in [0.29, 0.717) is 39.3 Å². The second-order valence-electron chi connectivity index (χ2n) is 6.63. The van der Waals surface area contributed by atoms with Crippen molar-refractivity contribution in [3.8, 4) is 0 Å². The average molecular weight is 332 g/mol. The number of hydrogen-bond donors (Lipinski definition) is 2. The predicted octanol–water partition coefficient (Wildman–Crippen LogP) is 0.430. The molecular weight excluding hydrogens is 304 g/mol. The summed E-state index contributed by atoms with van der Waals surface area (Å²) in [4.78, 5) is 28.2. The molecule has 1 aromatic rings. The molecular formula is C18H28N4O2. The first-order chi connectivity index (χ1) is 11.5. The van der Waals surface area contributed by atoms with E-state index < -0.39 is 6.04 Å². The molecule has 1 aliphatic rings. The van der Waals surface area contributed by atoms with E-state index in [4.69, 9.17) is 5.73 Å². The molecule has 0 bridgehead atoms. The van der Waals surface area contributed by atoms with Crippen molar-refractivity contribution in [1.82, 2.24) is 15.1 Å². The first-order valence-electron chi connectivity index (χ1n) is 8.54. The Labute approximate surface area is 144 Å². The zero-order valence-corrected chi connectivity index (χ0v) is 14.6. The third-order valence-electron chi connectivity index (χ3n) is 4.39. The number of nitrogens with zero attached hydrogens (tertiary/aromatic N) is 2. The number of carbonyl (C=O) groups excluding carboxylic acids is 2. The Bertz CT molecular complexity index is 539. The van der Waals surface area contributed by atoms with Gasteiger partial charge in [0.15, 0.2) is 0 Å². The molecule has 0 aliphatic carbocycles. The van der Waals surface area contributed by atoms with Gasteiger partial charge in [-0.25, -0.2) is 0 Å². The largest absolute Gasteiger partial charge is 0.351 e. The number of benzene rings is 1. The van der Waals surface area contributed by atoms with E-state index in [0.717, 1.165) is 5.56 Å². The first-order valence-corrected chi connectivity index (χ1v) is 8.54. The Morgan fingerprint density at radius 2 is 1.75 bits per heavy atom. The van der Waals surface area contributed by atoms with Gasteiger partial charge in [-0.3, -0.25) is 14.5 Å². The van der Waals surface area contributed by atoms with Gasteiger partial charge < -0.3 is 16.0 Å². The second kappa shape index (κ2) is 8.80. The van der Waals surface area contributed by atoms with E-state index in [1.54, 1.807) is 0 Å². The van der Waals surface area contributed by atoms with Crippen LogP contribution in [-0.2, 0) is 16.1 Å². The van der Waals surface area contributed by atoms with Gasteiger partial charge in [0.1, 0.15) is 0 Å². The highest BCUT2D eigenvalue weighted by Crippen LogP contribution is 2.07. The molecule has 0 spiro atoms. The Hall–Kier alpha value is -1.92. The molecule has 6 heteroatoms. The van der Waals surface area contributed by atoms with Gasteiger partial charge in [0, 0.05) is 32.7 Å². The van der Waals surface area contributed by atoms with E-state index >= 15 is 0 Å². The van der Waals surface area contributed by atoms with Gasteiger partial charge in [0.2, 0.25) is 11.8 Å². The fourth-order valence-electron chi connectivity index (χ4n) is 2.68. The number of nitrogens with one attached hydrogen (secondary N) is 1. The van der Waals surface area contributed by atoms with Gasteiger partial charge >= 0.3 is 0 Å². The van der Waals surface area contributed by atoms with E-state index in [2.05, 4.69) is 10.2 Å². The molecule has 1 heterocycles. The minimum Gasteiger partial charge on any atom is -0.351 e. The summed E-state index contributed by atoms with van der Waals surface area (Å²) in [5, 5.41) is 2.93. The molecule has 0 aromatic heterocycles. The van der Waals surface area contributed by atoms with Crippen LogP contribution in [-0.4, -0.2) is 60.4 Å². The van der Waals surface area contributed by atoms with Crippen LogP contribution in [0.2, 0.25) is 0 Å². The predicted molar refractivity (Wildman–Crippen MR) is 94.1 cm³/mol. The highest BCUT2D eigenvalue weighted by molar-refractivity contribution is 5.82. The number of piperazine rings is 1. The molecule has 132 valence electrons. The van der Waals surface area contributed by atoms with Crippen LogP contribution in [0, 0.1) is 5.92 Å². The molecule has 0 radical (unpaired) electrons. The van der Waals surface area contributed by atoms with Crippen LogP contribution < -0.4 is 11.1 Å². The second-order valence-corrected chi connectivity index (χ2v) is 6.63. The van der Waals surface area contributed by atoms with Crippen LogP contribution in [0.25, 0.3) is 0 Å². The van der Waals surface area contributed by atoms with E-state index in [9.17, 15) is 9.59 Å². The number of rotatable bonds is 6. The number of hydrogen-bond acceptors (Lipinski definition) is 4. The SMILES string of the molecule is CC(C)[C@H](N)C(=O)N1CCN(CC(=O)NCc2ccccc2)CC1. The van der Waals surface area contributed by atoms with Gasteiger partial charge in [-0.05, 0) is 11.5 Å². The first kappa shape index (κ1) is 18.4. The molecule has 0 unspecified atom stereocenters. The number of carbonyl (C=O) groups is 2. The van der Waals surface area contributed by atoms with Crippen LogP contribution >= 0.6 is 0 Å². The molecule has 1 atom stereocenters. The fourth-order valence-corrected chi connectivity index (χ4v) is 2.68. The van der Waals surface area contributed by atoms with Crippen molar-refractivity contribution in [3.63, 3.8) is 0 Å². The highest BCUT2D eigenvalue weighted by atomic mass is 16.2. The Morgan fingerprint density at radius 1 is 1.12 bits per heavy atom. The Balaban J connectivity index is 1.71. The maximum Gasteiger partial charge on any atom is 0.239 e. The minimum atomic E-state index is -0.439. The van der Waals surface area contributed by atoms with E-state index in [1.807, 2.05) is 49.1 Å². The molecule has 3 N–H and O–H groups in total. The van der Waals surface area contributed by atoms with Gasteiger partial charge in [0.25, 0.3) is 0 Å². The maximum atomic E-state index is 12.2. The summed E-state index contributed by atoms with van der Waals surface area (Å²) in [6, 6.07) is 9.41. The Morgan fingerprint density at radius 3 is 2.33 bits per heavy atom. The summed E-state index contributed by atoms with van der Waals surface area (Å²) < 4.78 is 0. The lowest BCUT2D eigenvalue weighted by Gasteiger charge is -2.36. The van der Waals surface area contributed by atoms with Crippen LogP contribution in [0.4, 0.5) is 0 Å². The van der Waals surface area contributed by atoms with Crippen LogP contribution in [0.3, 0.4) is 0 Å². The topological polar surface area (TPSA) is 78.7 Å². The summed E-state index contributed by atoms with van der Waals surface area (Å²) in [5.41, 5.74) is 7.02. The fraction of sp³-hybridized carbons (Fsp3) is 0.556.